The fraction of sp³-hybridized carbons (Fsp3) is 0.375. The molecule has 1 heterocycles. The highest BCUT2D eigenvalue weighted by atomic mass is 35.5. The van der Waals surface area contributed by atoms with Gasteiger partial charge in [-0.15, -0.1) is 0 Å². The second kappa shape index (κ2) is 4.63. The molecule has 0 amide bonds. The molecule has 0 fully saturated rings. The van der Waals surface area contributed by atoms with E-state index in [0.29, 0.717) is 18.7 Å². The number of hydrogen-bond donors (Lipinski definition) is 1. The minimum atomic E-state index is -0.353. The van der Waals surface area contributed by atoms with Gasteiger partial charge in [-0.1, -0.05) is 11.6 Å². The van der Waals surface area contributed by atoms with Crippen LogP contribution in [-0.4, -0.2) is 16.3 Å². The highest BCUT2D eigenvalue weighted by molar-refractivity contribution is 6.32. The quantitative estimate of drug-likeness (QED) is 0.751. The zero-order valence-corrected chi connectivity index (χ0v) is 8.38. The normalized spacial score (nSPS) is 9.50. The Labute approximate surface area is 85.9 Å². The van der Waals surface area contributed by atoms with Crippen LogP contribution in [0.5, 0.6) is 0 Å². The van der Waals surface area contributed by atoms with Crippen molar-refractivity contribution in [3.05, 3.63) is 21.6 Å². The number of aromatic nitrogens is 2. The van der Waals surface area contributed by atoms with Gasteiger partial charge in [0.15, 0.2) is 0 Å². The van der Waals surface area contributed by atoms with Gasteiger partial charge in [0.2, 0.25) is 0 Å². The third-order valence-corrected chi connectivity index (χ3v) is 2.00. The van der Waals surface area contributed by atoms with Crippen LogP contribution in [0.3, 0.4) is 0 Å². The molecule has 1 N–H and O–H groups in total. The smallest absolute Gasteiger partial charge is 0.287 e. The molecule has 0 aliphatic rings. The Bertz CT molecular complexity index is 420. The maximum atomic E-state index is 11.3. The average molecular weight is 213 g/mol. The molecule has 74 valence electrons. The van der Waals surface area contributed by atoms with Gasteiger partial charge in [0, 0.05) is 13.6 Å². The van der Waals surface area contributed by atoms with Crippen molar-refractivity contribution < 1.29 is 0 Å². The molecule has 1 aromatic rings. The molecule has 0 radical (unpaired) electrons. The highest BCUT2D eigenvalue weighted by Gasteiger charge is 2.05. The number of nitrogens with zero attached hydrogens (tertiary/aromatic N) is 3. The monoisotopic (exact) mass is 212 g/mol. The van der Waals surface area contributed by atoms with Gasteiger partial charge >= 0.3 is 0 Å². The summed E-state index contributed by atoms with van der Waals surface area (Å²) in [6.45, 7) is 0.449. The zero-order chi connectivity index (χ0) is 10.6. The minimum absolute atomic E-state index is 0.0976. The molecule has 1 rings (SSSR count). The molecule has 0 saturated carbocycles. The van der Waals surface area contributed by atoms with Gasteiger partial charge in [0.05, 0.1) is 24.4 Å². The summed E-state index contributed by atoms with van der Waals surface area (Å²) in [6, 6.07) is 1.97. The summed E-state index contributed by atoms with van der Waals surface area (Å²) < 4.78 is 1.15. The molecule has 6 heteroatoms. The number of rotatable bonds is 3. The fourth-order valence-corrected chi connectivity index (χ4v) is 1.12. The van der Waals surface area contributed by atoms with Gasteiger partial charge in [-0.05, 0) is 0 Å². The lowest BCUT2D eigenvalue weighted by Gasteiger charge is -2.05. The number of halogens is 1. The van der Waals surface area contributed by atoms with E-state index in [2.05, 4.69) is 10.4 Å². The number of anilines is 1. The Kier molecular flexibility index (Phi) is 3.48. The van der Waals surface area contributed by atoms with Crippen molar-refractivity contribution in [2.45, 2.75) is 6.42 Å². The van der Waals surface area contributed by atoms with Crippen LogP contribution in [0.4, 0.5) is 5.69 Å². The molecule has 0 spiro atoms. The Morgan fingerprint density at radius 1 is 1.79 bits per heavy atom. The van der Waals surface area contributed by atoms with Crippen molar-refractivity contribution in [2.75, 3.05) is 11.9 Å². The SMILES string of the molecule is Cn1ncc(NCCC#N)c(Cl)c1=O. The summed E-state index contributed by atoms with van der Waals surface area (Å²) in [4.78, 5) is 11.3. The summed E-state index contributed by atoms with van der Waals surface area (Å²) >= 11 is 5.76. The predicted molar refractivity (Wildman–Crippen MR) is 53.2 cm³/mol. The number of nitriles is 1. The Balaban J connectivity index is 2.85. The largest absolute Gasteiger partial charge is 0.381 e. The molecular formula is C8H9ClN4O. The molecule has 0 saturated heterocycles. The number of aryl methyl sites for hydroxylation is 1. The molecule has 1 aromatic heterocycles. The molecule has 0 bridgehead atoms. The van der Waals surface area contributed by atoms with Crippen LogP contribution >= 0.6 is 11.6 Å². The summed E-state index contributed by atoms with van der Waals surface area (Å²) in [5.41, 5.74) is 0.110. The summed E-state index contributed by atoms with van der Waals surface area (Å²) in [5.74, 6) is 0. The highest BCUT2D eigenvalue weighted by Crippen LogP contribution is 2.14. The van der Waals surface area contributed by atoms with E-state index in [9.17, 15) is 4.79 Å². The van der Waals surface area contributed by atoms with E-state index in [4.69, 9.17) is 16.9 Å². The molecule has 0 aromatic carbocycles. The van der Waals surface area contributed by atoms with Crippen LogP contribution in [-0.2, 0) is 7.05 Å². The van der Waals surface area contributed by atoms with Crippen LogP contribution in [0, 0.1) is 11.3 Å². The van der Waals surface area contributed by atoms with E-state index in [1.165, 1.54) is 13.2 Å². The third kappa shape index (κ3) is 2.24. The number of nitrogens with one attached hydrogen (secondary N) is 1. The van der Waals surface area contributed by atoms with Crippen LogP contribution in [0.15, 0.2) is 11.0 Å². The van der Waals surface area contributed by atoms with Crippen LogP contribution in [0.25, 0.3) is 0 Å². The Morgan fingerprint density at radius 2 is 2.50 bits per heavy atom. The van der Waals surface area contributed by atoms with Crippen molar-refractivity contribution >= 4 is 17.3 Å². The van der Waals surface area contributed by atoms with Gasteiger partial charge in [-0.25, -0.2) is 4.68 Å². The summed E-state index contributed by atoms with van der Waals surface area (Å²) in [6.07, 6.45) is 1.81. The fourth-order valence-electron chi connectivity index (χ4n) is 0.887. The van der Waals surface area contributed by atoms with Crippen LogP contribution < -0.4 is 10.9 Å². The van der Waals surface area contributed by atoms with Gasteiger partial charge < -0.3 is 5.32 Å². The maximum absolute atomic E-state index is 11.3. The van der Waals surface area contributed by atoms with E-state index < -0.39 is 0 Å². The lowest BCUT2D eigenvalue weighted by atomic mass is 10.4. The Morgan fingerprint density at radius 3 is 3.14 bits per heavy atom. The van der Waals surface area contributed by atoms with E-state index in [1.807, 2.05) is 6.07 Å². The predicted octanol–water partition coefficient (Wildman–Crippen LogP) is 0.759. The molecular weight excluding hydrogens is 204 g/mol. The first-order valence-corrected chi connectivity index (χ1v) is 4.37. The summed E-state index contributed by atoms with van der Waals surface area (Å²) in [7, 11) is 1.52. The maximum Gasteiger partial charge on any atom is 0.287 e. The Hall–Kier alpha value is -1.54. The molecule has 0 atom stereocenters. The lowest BCUT2D eigenvalue weighted by molar-refractivity contribution is 0.708. The minimum Gasteiger partial charge on any atom is -0.381 e. The first-order chi connectivity index (χ1) is 6.66. The van der Waals surface area contributed by atoms with Crippen LogP contribution in [0.2, 0.25) is 5.02 Å². The van der Waals surface area contributed by atoms with Crippen molar-refractivity contribution in [3.63, 3.8) is 0 Å². The first-order valence-electron chi connectivity index (χ1n) is 3.99. The molecule has 0 aliphatic heterocycles. The zero-order valence-electron chi connectivity index (χ0n) is 7.62. The second-order valence-electron chi connectivity index (χ2n) is 2.64. The molecule has 14 heavy (non-hydrogen) atoms. The summed E-state index contributed by atoms with van der Waals surface area (Å²) in [5, 5.41) is 15.0. The first kappa shape index (κ1) is 10.5. The van der Waals surface area contributed by atoms with Gasteiger partial charge in [0.1, 0.15) is 5.02 Å². The van der Waals surface area contributed by atoms with Crippen molar-refractivity contribution in [3.8, 4) is 6.07 Å². The third-order valence-electron chi connectivity index (χ3n) is 1.63. The molecule has 5 nitrogen and oxygen atoms in total. The number of hydrogen-bond acceptors (Lipinski definition) is 4. The van der Waals surface area contributed by atoms with Crippen molar-refractivity contribution in [2.24, 2.45) is 7.05 Å². The second-order valence-corrected chi connectivity index (χ2v) is 3.01. The standard InChI is InChI=1S/C8H9ClN4O/c1-13-8(14)7(9)6(5-12-13)11-4-2-3-10/h5,11H,2,4H2,1H3. The van der Waals surface area contributed by atoms with Crippen LogP contribution in [0.1, 0.15) is 6.42 Å². The van der Waals surface area contributed by atoms with E-state index in [1.54, 1.807) is 0 Å². The average Bonchev–Trinajstić information content (AvgIpc) is 2.18. The van der Waals surface area contributed by atoms with E-state index in [0.717, 1.165) is 4.68 Å². The van der Waals surface area contributed by atoms with E-state index in [-0.39, 0.29) is 10.6 Å². The van der Waals surface area contributed by atoms with E-state index >= 15 is 0 Å². The lowest BCUT2D eigenvalue weighted by Crippen LogP contribution is -2.21. The van der Waals surface area contributed by atoms with Gasteiger partial charge in [0.25, 0.3) is 5.56 Å². The topological polar surface area (TPSA) is 70.7 Å². The molecule has 0 aliphatic carbocycles. The van der Waals surface area contributed by atoms with Gasteiger partial charge in [-0.2, -0.15) is 10.4 Å². The van der Waals surface area contributed by atoms with Gasteiger partial charge in [-0.3, -0.25) is 4.79 Å². The molecule has 0 unspecified atom stereocenters. The van der Waals surface area contributed by atoms with Crippen molar-refractivity contribution in [1.29, 1.82) is 5.26 Å². The van der Waals surface area contributed by atoms with Crippen molar-refractivity contribution in [1.82, 2.24) is 9.78 Å².